The third-order valence-electron chi connectivity index (χ3n) is 3.02. The van der Waals surface area contributed by atoms with E-state index in [-0.39, 0.29) is 17.2 Å². The highest BCUT2D eigenvalue weighted by Gasteiger charge is 2.14. The van der Waals surface area contributed by atoms with Gasteiger partial charge in [0.15, 0.2) is 0 Å². The highest BCUT2D eigenvalue weighted by Crippen LogP contribution is 2.26. The summed E-state index contributed by atoms with van der Waals surface area (Å²) in [6.07, 6.45) is 0. The van der Waals surface area contributed by atoms with Gasteiger partial charge in [0.25, 0.3) is 0 Å². The minimum Gasteiger partial charge on any atom is -0.465 e. The Morgan fingerprint density at radius 3 is 2.61 bits per heavy atom. The summed E-state index contributed by atoms with van der Waals surface area (Å²) in [5.41, 5.74) is 1.90. The number of carbonyl (C=O) groups is 1. The SMILES string of the molecule is COC(=O)c1cccc(NC(=S)COCc2ccccc2)c1Cl. The Labute approximate surface area is 145 Å². The van der Waals surface area contributed by atoms with Crippen LogP contribution in [0.1, 0.15) is 15.9 Å². The summed E-state index contributed by atoms with van der Waals surface area (Å²) in [7, 11) is 1.31. The Bertz CT molecular complexity index is 691. The average Bonchev–Trinajstić information content (AvgIpc) is 2.57. The monoisotopic (exact) mass is 349 g/mol. The number of benzene rings is 2. The number of esters is 1. The maximum atomic E-state index is 11.6. The summed E-state index contributed by atoms with van der Waals surface area (Å²) >= 11 is 11.4. The van der Waals surface area contributed by atoms with Crippen molar-refractivity contribution < 1.29 is 14.3 Å². The van der Waals surface area contributed by atoms with E-state index < -0.39 is 5.97 Å². The van der Waals surface area contributed by atoms with Crippen molar-refractivity contribution in [2.45, 2.75) is 6.61 Å². The molecule has 0 unspecified atom stereocenters. The minimum absolute atomic E-state index is 0.253. The first-order chi connectivity index (χ1) is 11.1. The fourth-order valence-electron chi connectivity index (χ4n) is 1.92. The van der Waals surface area contributed by atoms with Crippen LogP contribution in [0.25, 0.3) is 0 Å². The van der Waals surface area contributed by atoms with Crippen LogP contribution in [-0.2, 0) is 16.1 Å². The van der Waals surface area contributed by atoms with Crippen molar-refractivity contribution in [3.05, 3.63) is 64.7 Å². The lowest BCUT2D eigenvalue weighted by Gasteiger charge is -2.12. The molecule has 2 aromatic carbocycles. The van der Waals surface area contributed by atoms with Gasteiger partial charge in [-0.1, -0.05) is 60.2 Å². The summed E-state index contributed by atoms with van der Waals surface area (Å²) in [6.45, 7) is 0.724. The molecule has 0 aliphatic carbocycles. The molecule has 0 bridgehead atoms. The number of hydrogen-bond donors (Lipinski definition) is 1. The first-order valence-corrected chi connectivity index (χ1v) is 7.68. The second-order valence-corrected chi connectivity index (χ2v) is 5.56. The number of carbonyl (C=O) groups excluding carboxylic acids is 1. The van der Waals surface area contributed by atoms with E-state index in [0.29, 0.717) is 17.3 Å². The van der Waals surface area contributed by atoms with Crippen LogP contribution in [0.2, 0.25) is 5.02 Å². The fraction of sp³-hybridized carbons (Fsp3) is 0.176. The molecule has 0 saturated carbocycles. The van der Waals surface area contributed by atoms with Gasteiger partial charge in [-0.3, -0.25) is 0 Å². The highest BCUT2D eigenvalue weighted by atomic mass is 35.5. The van der Waals surface area contributed by atoms with E-state index in [0.717, 1.165) is 5.56 Å². The quantitative estimate of drug-likeness (QED) is 0.629. The lowest BCUT2D eigenvalue weighted by Crippen LogP contribution is -2.17. The number of nitrogens with one attached hydrogen (secondary N) is 1. The normalized spacial score (nSPS) is 10.2. The van der Waals surface area contributed by atoms with E-state index in [4.69, 9.17) is 28.6 Å². The number of rotatable bonds is 6. The van der Waals surface area contributed by atoms with Crippen molar-refractivity contribution >= 4 is 40.5 Å². The van der Waals surface area contributed by atoms with Crippen LogP contribution in [0.5, 0.6) is 0 Å². The zero-order chi connectivity index (χ0) is 16.7. The molecule has 0 saturated heterocycles. The number of halogens is 1. The van der Waals surface area contributed by atoms with Gasteiger partial charge in [-0.15, -0.1) is 0 Å². The highest BCUT2D eigenvalue weighted by molar-refractivity contribution is 7.80. The zero-order valence-corrected chi connectivity index (χ0v) is 14.1. The second kappa shape index (κ2) is 8.62. The van der Waals surface area contributed by atoms with Crippen molar-refractivity contribution in [2.24, 2.45) is 0 Å². The summed E-state index contributed by atoms with van der Waals surface area (Å²) in [5.74, 6) is -0.495. The van der Waals surface area contributed by atoms with Gasteiger partial charge >= 0.3 is 5.97 Å². The zero-order valence-electron chi connectivity index (χ0n) is 12.5. The van der Waals surface area contributed by atoms with E-state index in [2.05, 4.69) is 10.1 Å². The third-order valence-corrected chi connectivity index (χ3v) is 3.65. The van der Waals surface area contributed by atoms with Gasteiger partial charge in [0.1, 0.15) is 4.99 Å². The van der Waals surface area contributed by atoms with Crippen LogP contribution >= 0.6 is 23.8 Å². The number of thiocarbonyl (C=S) groups is 1. The molecular formula is C17H16ClNO3S. The average molecular weight is 350 g/mol. The number of hydrogen-bond acceptors (Lipinski definition) is 4. The van der Waals surface area contributed by atoms with Crippen LogP contribution in [0.15, 0.2) is 48.5 Å². The molecule has 1 N–H and O–H groups in total. The van der Waals surface area contributed by atoms with Gasteiger partial charge in [-0.05, 0) is 17.7 Å². The number of methoxy groups -OCH3 is 1. The van der Waals surface area contributed by atoms with Gasteiger partial charge in [0.2, 0.25) is 0 Å². The Hall–Kier alpha value is -1.95. The molecular weight excluding hydrogens is 334 g/mol. The molecule has 2 rings (SSSR count). The smallest absolute Gasteiger partial charge is 0.339 e. The van der Waals surface area contributed by atoms with E-state index in [1.807, 2.05) is 30.3 Å². The van der Waals surface area contributed by atoms with Crippen molar-refractivity contribution in [2.75, 3.05) is 19.0 Å². The van der Waals surface area contributed by atoms with Crippen molar-refractivity contribution in [3.8, 4) is 0 Å². The van der Waals surface area contributed by atoms with E-state index in [1.54, 1.807) is 18.2 Å². The van der Waals surface area contributed by atoms with Crippen LogP contribution in [0, 0.1) is 0 Å². The lowest BCUT2D eigenvalue weighted by molar-refractivity contribution is 0.0601. The van der Waals surface area contributed by atoms with Gasteiger partial charge in [0.05, 0.1) is 36.6 Å². The van der Waals surface area contributed by atoms with E-state index in [1.165, 1.54) is 7.11 Å². The molecule has 0 fully saturated rings. The van der Waals surface area contributed by atoms with Gasteiger partial charge in [-0.2, -0.15) is 0 Å². The molecule has 0 aromatic heterocycles. The van der Waals surface area contributed by atoms with Gasteiger partial charge in [-0.25, -0.2) is 4.79 Å². The summed E-state index contributed by atoms with van der Waals surface area (Å²) < 4.78 is 10.2. The summed E-state index contributed by atoms with van der Waals surface area (Å²) in [5, 5.41) is 3.25. The first-order valence-electron chi connectivity index (χ1n) is 6.90. The lowest BCUT2D eigenvalue weighted by atomic mass is 10.2. The van der Waals surface area contributed by atoms with Gasteiger partial charge < -0.3 is 14.8 Å². The number of ether oxygens (including phenoxy) is 2. The largest absolute Gasteiger partial charge is 0.465 e. The summed E-state index contributed by atoms with van der Waals surface area (Å²) in [4.78, 5) is 12.1. The third kappa shape index (κ3) is 5.03. The predicted molar refractivity (Wildman–Crippen MR) is 95.1 cm³/mol. The Morgan fingerprint density at radius 1 is 1.17 bits per heavy atom. The van der Waals surface area contributed by atoms with E-state index in [9.17, 15) is 4.79 Å². The Balaban J connectivity index is 1.91. The standard InChI is InChI=1S/C17H16ClNO3S/c1-21-17(20)13-8-5-9-14(16(13)18)19-15(23)11-22-10-12-6-3-2-4-7-12/h2-9H,10-11H2,1H3,(H,19,23). The van der Waals surface area contributed by atoms with Crippen LogP contribution in [0.4, 0.5) is 5.69 Å². The molecule has 0 atom stereocenters. The van der Waals surface area contributed by atoms with Crippen molar-refractivity contribution in [1.29, 1.82) is 0 Å². The molecule has 0 aliphatic rings. The topological polar surface area (TPSA) is 47.6 Å². The molecule has 0 amide bonds. The molecule has 0 aliphatic heterocycles. The molecule has 2 aromatic rings. The maximum absolute atomic E-state index is 11.6. The summed E-state index contributed by atoms with van der Waals surface area (Å²) in [6, 6.07) is 14.8. The molecule has 6 heteroatoms. The second-order valence-electron chi connectivity index (χ2n) is 4.69. The molecule has 120 valence electrons. The Morgan fingerprint density at radius 2 is 1.91 bits per heavy atom. The van der Waals surface area contributed by atoms with Crippen LogP contribution < -0.4 is 5.32 Å². The van der Waals surface area contributed by atoms with Gasteiger partial charge in [0, 0.05) is 0 Å². The Kier molecular flexibility index (Phi) is 6.52. The molecule has 0 heterocycles. The van der Waals surface area contributed by atoms with Crippen LogP contribution in [-0.4, -0.2) is 24.7 Å². The van der Waals surface area contributed by atoms with Crippen molar-refractivity contribution in [3.63, 3.8) is 0 Å². The van der Waals surface area contributed by atoms with E-state index >= 15 is 0 Å². The number of anilines is 1. The fourth-order valence-corrected chi connectivity index (χ4v) is 2.36. The minimum atomic E-state index is -0.495. The predicted octanol–water partition coefficient (Wildman–Crippen LogP) is 4.08. The van der Waals surface area contributed by atoms with Crippen LogP contribution in [0.3, 0.4) is 0 Å². The first kappa shape index (κ1) is 17.4. The maximum Gasteiger partial charge on any atom is 0.339 e. The molecule has 0 radical (unpaired) electrons. The molecule has 4 nitrogen and oxygen atoms in total. The molecule has 23 heavy (non-hydrogen) atoms. The van der Waals surface area contributed by atoms with Crippen molar-refractivity contribution in [1.82, 2.24) is 0 Å². The molecule has 0 spiro atoms.